The second kappa shape index (κ2) is 8.64. The smallest absolute Gasteiger partial charge is 0.0467 e. The summed E-state index contributed by atoms with van der Waals surface area (Å²) < 4.78 is 0. The van der Waals surface area contributed by atoms with Crippen LogP contribution in [0.3, 0.4) is 0 Å². The normalized spacial score (nSPS) is 10.6. The average molecular weight is 399 g/mol. The van der Waals surface area contributed by atoms with Gasteiger partial charge in [-0.15, -0.1) is 0 Å². The van der Waals surface area contributed by atoms with Crippen LogP contribution in [0.1, 0.15) is 0 Å². The van der Waals surface area contributed by atoms with Crippen LogP contribution in [-0.4, -0.2) is 9.97 Å². The van der Waals surface area contributed by atoms with Crippen molar-refractivity contribution in [1.82, 2.24) is 9.97 Å². The van der Waals surface area contributed by atoms with Crippen molar-refractivity contribution in [2.75, 3.05) is 4.90 Å². The van der Waals surface area contributed by atoms with Gasteiger partial charge in [0.2, 0.25) is 0 Å². The van der Waals surface area contributed by atoms with E-state index in [0.29, 0.717) is 0 Å². The van der Waals surface area contributed by atoms with Crippen LogP contribution >= 0.6 is 0 Å². The highest BCUT2D eigenvalue weighted by Gasteiger charge is 2.13. The summed E-state index contributed by atoms with van der Waals surface area (Å²) in [4.78, 5) is 11.0. The first-order chi connectivity index (χ1) is 15.4. The zero-order valence-electron chi connectivity index (χ0n) is 17.0. The Balaban J connectivity index is 1.58. The van der Waals surface area contributed by atoms with Gasteiger partial charge in [0.25, 0.3) is 0 Å². The number of rotatable bonds is 5. The second-order valence-corrected chi connectivity index (χ2v) is 7.26. The summed E-state index contributed by atoms with van der Waals surface area (Å²) in [7, 11) is 0. The first-order valence-electron chi connectivity index (χ1n) is 10.2. The Labute approximate surface area is 182 Å². The number of benzene rings is 3. The van der Waals surface area contributed by atoms with Crippen molar-refractivity contribution in [1.29, 1.82) is 0 Å². The Bertz CT molecular complexity index is 1230. The summed E-state index contributed by atoms with van der Waals surface area (Å²) in [6.07, 6.45) is 7.44. The van der Waals surface area contributed by atoms with Crippen molar-refractivity contribution in [3.8, 4) is 22.3 Å². The summed E-state index contributed by atoms with van der Waals surface area (Å²) in [5.41, 5.74) is 7.64. The van der Waals surface area contributed by atoms with Crippen LogP contribution in [0.2, 0.25) is 0 Å². The predicted octanol–water partition coefficient (Wildman–Crippen LogP) is 7.28. The molecule has 0 amide bonds. The van der Waals surface area contributed by atoms with Gasteiger partial charge in [0, 0.05) is 58.5 Å². The third-order valence-corrected chi connectivity index (χ3v) is 5.20. The van der Waals surface area contributed by atoms with Crippen molar-refractivity contribution in [2.45, 2.75) is 0 Å². The Morgan fingerprint density at radius 3 is 1.65 bits per heavy atom. The highest BCUT2D eigenvalue weighted by atomic mass is 15.1. The van der Waals surface area contributed by atoms with Crippen LogP contribution in [0.25, 0.3) is 22.3 Å². The van der Waals surface area contributed by atoms with Crippen LogP contribution < -0.4 is 4.90 Å². The number of anilines is 3. The monoisotopic (exact) mass is 399 g/mol. The number of nitrogens with zero attached hydrogens (tertiary/aromatic N) is 3. The van der Waals surface area contributed by atoms with Crippen LogP contribution in [0.5, 0.6) is 0 Å². The molecule has 2 aromatic heterocycles. The van der Waals surface area contributed by atoms with E-state index in [2.05, 4.69) is 99.8 Å². The van der Waals surface area contributed by atoms with Gasteiger partial charge in [0.05, 0.1) is 0 Å². The molecule has 0 spiro atoms. The van der Waals surface area contributed by atoms with Crippen LogP contribution in [-0.2, 0) is 0 Å². The van der Waals surface area contributed by atoms with E-state index in [9.17, 15) is 0 Å². The minimum Gasteiger partial charge on any atom is -0.310 e. The number of pyridine rings is 2. The van der Waals surface area contributed by atoms with Crippen molar-refractivity contribution < 1.29 is 0 Å². The van der Waals surface area contributed by atoms with Crippen molar-refractivity contribution in [2.24, 2.45) is 0 Å². The lowest BCUT2D eigenvalue weighted by atomic mass is 10.0. The number of para-hydroxylation sites is 2. The molecule has 3 aromatic carbocycles. The molecule has 0 radical (unpaired) electrons. The SMILES string of the molecule is c1ccc(N(c2ccccc2)c2cccc(-c3cncc(-c4cccnc4)c3)c2)cc1. The predicted molar refractivity (Wildman–Crippen MR) is 128 cm³/mol. The Morgan fingerprint density at radius 2 is 1.00 bits per heavy atom. The van der Waals surface area contributed by atoms with E-state index in [4.69, 9.17) is 0 Å². The molecule has 148 valence electrons. The minimum absolute atomic E-state index is 1.05. The second-order valence-electron chi connectivity index (χ2n) is 7.26. The lowest BCUT2D eigenvalue weighted by molar-refractivity contribution is 1.28. The molecule has 5 aromatic rings. The van der Waals surface area contributed by atoms with Gasteiger partial charge in [-0.25, -0.2) is 0 Å². The van der Waals surface area contributed by atoms with Gasteiger partial charge in [-0.05, 0) is 54.1 Å². The Kier molecular flexibility index (Phi) is 5.23. The fourth-order valence-corrected chi connectivity index (χ4v) is 3.72. The van der Waals surface area contributed by atoms with Gasteiger partial charge in [-0.3, -0.25) is 9.97 Å². The zero-order valence-corrected chi connectivity index (χ0v) is 17.0. The van der Waals surface area contributed by atoms with E-state index in [1.165, 1.54) is 0 Å². The molecule has 0 aliphatic heterocycles. The summed E-state index contributed by atoms with van der Waals surface area (Å²) in [5.74, 6) is 0. The zero-order chi connectivity index (χ0) is 20.9. The number of hydrogen-bond donors (Lipinski definition) is 0. The summed E-state index contributed by atoms with van der Waals surface area (Å²) in [6.45, 7) is 0. The molecule has 0 aliphatic rings. The molecule has 0 unspecified atom stereocenters. The van der Waals surface area contributed by atoms with E-state index in [1.54, 1.807) is 6.20 Å². The molecule has 3 nitrogen and oxygen atoms in total. The van der Waals surface area contributed by atoms with Gasteiger partial charge in [0.1, 0.15) is 0 Å². The molecule has 0 aliphatic carbocycles. The summed E-state index contributed by atoms with van der Waals surface area (Å²) in [5, 5.41) is 0. The van der Waals surface area contributed by atoms with E-state index in [0.717, 1.165) is 39.3 Å². The number of hydrogen-bond acceptors (Lipinski definition) is 3. The standard InChI is InChI=1S/C28H21N3/c1-3-11-26(12-4-1)31(27-13-5-2-6-14-27)28-15-7-9-22(18-28)24-17-25(21-30-20-24)23-10-8-16-29-19-23/h1-21H. The van der Waals surface area contributed by atoms with Gasteiger partial charge in [0.15, 0.2) is 0 Å². The molecule has 31 heavy (non-hydrogen) atoms. The Morgan fingerprint density at radius 1 is 0.419 bits per heavy atom. The molecule has 0 N–H and O–H groups in total. The van der Waals surface area contributed by atoms with Crippen molar-refractivity contribution in [3.05, 3.63) is 128 Å². The van der Waals surface area contributed by atoms with Crippen LogP contribution in [0.15, 0.2) is 128 Å². The summed E-state index contributed by atoms with van der Waals surface area (Å²) >= 11 is 0. The maximum atomic E-state index is 4.49. The minimum atomic E-state index is 1.05. The molecule has 0 saturated heterocycles. The molecule has 0 saturated carbocycles. The molecule has 0 atom stereocenters. The molecule has 0 bridgehead atoms. The lowest BCUT2D eigenvalue weighted by Crippen LogP contribution is -2.09. The lowest BCUT2D eigenvalue weighted by Gasteiger charge is -2.25. The fourth-order valence-electron chi connectivity index (χ4n) is 3.72. The molecular formula is C28H21N3. The molecule has 3 heteroatoms. The first kappa shape index (κ1) is 18.8. The Hall–Kier alpha value is -4.24. The highest BCUT2D eigenvalue weighted by Crippen LogP contribution is 2.36. The van der Waals surface area contributed by atoms with Crippen LogP contribution in [0.4, 0.5) is 17.1 Å². The molecule has 0 fully saturated rings. The van der Waals surface area contributed by atoms with Gasteiger partial charge in [-0.2, -0.15) is 0 Å². The average Bonchev–Trinajstić information content (AvgIpc) is 2.86. The van der Waals surface area contributed by atoms with Crippen LogP contribution in [0, 0.1) is 0 Å². The van der Waals surface area contributed by atoms with E-state index >= 15 is 0 Å². The van der Waals surface area contributed by atoms with Gasteiger partial charge < -0.3 is 4.90 Å². The van der Waals surface area contributed by atoms with E-state index in [-0.39, 0.29) is 0 Å². The molecular weight excluding hydrogens is 378 g/mol. The largest absolute Gasteiger partial charge is 0.310 e. The fraction of sp³-hybridized carbons (Fsp3) is 0. The molecule has 2 heterocycles. The maximum Gasteiger partial charge on any atom is 0.0467 e. The maximum absolute atomic E-state index is 4.49. The third kappa shape index (κ3) is 4.07. The van der Waals surface area contributed by atoms with Gasteiger partial charge in [-0.1, -0.05) is 54.6 Å². The summed E-state index contributed by atoms with van der Waals surface area (Å²) in [6, 6.07) is 35.6. The molecule has 5 rings (SSSR count). The quantitative estimate of drug-likeness (QED) is 0.311. The van der Waals surface area contributed by atoms with Crippen molar-refractivity contribution >= 4 is 17.1 Å². The topological polar surface area (TPSA) is 29.0 Å². The highest BCUT2D eigenvalue weighted by molar-refractivity contribution is 5.80. The number of aromatic nitrogens is 2. The van der Waals surface area contributed by atoms with Crippen molar-refractivity contribution in [3.63, 3.8) is 0 Å². The van der Waals surface area contributed by atoms with E-state index < -0.39 is 0 Å². The third-order valence-electron chi connectivity index (χ3n) is 5.20. The first-order valence-corrected chi connectivity index (χ1v) is 10.2. The van der Waals surface area contributed by atoms with Gasteiger partial charge >= 0.3 is 0 Å². The van der Waals surface area contributed by atoms with E-state index in [1.807, 2.05) is 36.8 Å².